The van der Waals surface area contributed by atoms with Crippen molar-refractivity contribution >= 4 is 5.78 Å². The lowest BCUT2D eigenvalue weighted by Crippen LogP contribution is -2.15. The summed E-state index contributed by atoms with van der Waals surface area (Å²) >= 11 is 0. The van der Waals surface area contributed by atoms with Crippen molar-refractivity contribution in [3.8, 4) is 0 Å². The van der Waals surface area contributed by atoms with Crippen LogP contribution in [0.25, 0.3) is 0 Å². The number of carbonyl (C=O) groups excluding carboxylic acids is 1. The van der Waals surface area contributed by atoms with E-state index in [1.807, 2.05) is 25.1 Å². The van der Waals surface area contributed by atoms with Crippen LogP contribution in [0.4, 0.5) is 0 Å². The highest BCUT2D eigenvalue weighted by atomic mass is 16.1. The van der Waals surface area contributed by atoms with Crippen molar-refractivity contribution in [1.29, 1.82) is 0 Å². The monoisotopic (exact) mass is 188 g/mol. The first-order chi connectivity index (χ1) is 6.77. The largest absolute Gasteiger partial charge is 0.299 e. The molecule has 2 rings (SSSR count). The van der Waals surface area contributed by atoms with Gasteiger partial charge in [0.2, 0.25) is 0 Å². The van der Waals surface area contributed by atoms with Crippen LogP contribution in [0.15, 0.2) is 30.3 Å². The van der Waals surface area contributed by atoms with Gasteiger partial charge in [0.25, 0.3) is 0 Å². The minimum absolute atomic E-state index is 0.199. The van der Waals surface area contributed by atoms with Gasteiger partial charge in [0.15, 0.2) is 0 Å². The third-order valence-electron chi connectivity index (χ3n) is 2.85. The Morgan fingerprint density at radius 1 is 1.36 bits per heavy atom. The molecule has 1 aromatic carbocycles. The van der Waals surface area contributed by atoms with Crippen LogP contribution in [-0.4, -0.2) is 5.78 Å². The average Bonchev–Trinajstić information content (AvgIpc) is 3.01. The fourth-order valence-electron chi connectivity index (χ4n) is 1.84. The van der Waals surface area contributed by atoms with E-state index in [1.54, 1.807) is 0 Å². The maximum Gasteiger partial charge on any atom is 0.139 e. The Labute approximate surface area is 85.1 Å². The number of hydrogen-bond acceptors (Lipinski definition) is 1. The van der Waals surface area contributed by atoms with Gasteiger partial charge in [-0.1, -0.05) is 37.3 Å². The maximum atomic E-state index is 11.7. The number of ketones is 1. The summed E-state index contributed by atoms with van der Waals surface area (Å²) in [5, 5.41) is 0. The Balaban J connectivity index is 1.93. The van der Waals surface area contributed by atoms with Gasteiger partial charge in [0, 0.05) is 11.8 Å². The fourth-order valence-corrected chi connectivity index (χ4v) is 1.84. The summed E-state index contributed by atoms with van der Waals surface area (Å²) in [4.78, 5) is 11.7. The van der Waals surface area contributed by atoms with Crippen LogP contribution in [0.3, 0.4) is 0 Å². The molecule has 0 amide bonds. The predicted molar refractivity (Wildman–Crippen MR) is 57.0 cm³/mol. The van der Waals surface area contributed by atoms with E-state index in [1.165, 1.54) is 5.56 Å². The SMILES string of the molecule is C[C@@H](Cc1ccccc1)C(=O)C1CC1. The summed E-state index contributed by atoms with van der Waals surface area (Å²) < 4.78 is 0. The van der Waals surface area contributed by atoms with Gasteiger partial charge in [0.05, 0.1) is 0 Å². The Bertz CT molecular complexity index is 311. The molecule has 0 bridgehead atoms. The quantitative estimate of drug-likeness (QED) is 0.710. The molecule has 14 heavy (non-hydrogen) atoms. The van der Waals surface area contributed by atoms with Crippen LogP contribution in [0.5, 0.6) is 0 Å². The van der Waals surface area contributed by atoms with Gasteiger partial charge in [-0.3, -0.25) is 4.79 Å². The normalized spacial score (nSPS) is 17.8. The molecule has 0 saturated heterocycles. The standard InChI is InChI=1S/C13H16O/c1-10(13(14)12-7-8-12)9-11-5-3-2-4-6-11/h2-6,10,12H,7-9H2,1H3/t10-/m0/s1. The van der Waals surface area contributed by atoms with Crippen LogP contribution < -0.4 is 0 Å². The van der Waals surface area contributed by atoms with Crippen molar-refractivity contribution in [2.24, 2.45) is 11.8 Å². The van der Waals surface area contributed by atoms with E-state index >= 15 is 0 Å². The number of hydrogen-bond donors (Lipinski definition) is 0. The van der Waals surface area contributed by atoms with E-state index in [0.717, 1.165) is 19.3 Å². The molecule has 1 aliphatic carbocycles. The molecule has 74 valence electrons. The molecule has 0 aliphatic heterocycles. The van der Waals surface area contributed by atoms with Crippen molar-refractivity contribution < 1.29 is 4.79 Å². The van der Waals surface area contributed by atoms with Gasteiger partial charge in [-0.2, -0.15) is 0 Å². The molecule has 1 heteroatoms. The second-order valence-corrected chi connectivity index (χ2v) is 4.27. The molecule has 0 heterocycles. The molecule has 1 atom stereocenters. The zero-order valence-electron chi connectivity index (χ0n) is 8.57. The smallest absolute Gasteiger partial charge is 0.139 e. The van der Waals surface area contributed by atoms with Gasteiger partial charge < -0.3 is 0 Å². The fraction of sp³-hybridized carbons (Fsp3) is 0.462. The number of rotatable bonds is 4. The Morgan fingerprint density at radius 3 is 2.57 bits per heavy atom. The molecule has 1 saturated carbocycles. The highest BCUT2D eigenvalue weighted by molar-refractivity contribution is 5.85. The van der Waals surface area contributed by atoms with Gasteiger partial charge in [0.1, 0.15) is 5.78 Å². The lowest BCUT2D eigenvalue weighted by molar-refractivity contribution is -0.123. The molecular weight excluding hydrogens is 172 g/mol. The molecule has 0 unspecified atom stereocenters. The second-order valence-electron chi connectivity index (χ2n) is 4.27. The highest BCUT2D eigenvalue weighted by Gasteiger charge is 2.32. The number of carbonyl (C=O) groups is 1. The third kappa shape index (κ3) is 2.22. The molecule has 1 aromatic rings. The van der Waals surface area contributed by atoms with Crippen LogP contribution in [0.2, 0.25) is 0 Å². The molecule has 0 aromatic heterocycles. The van der Waals surface area contributed by atoms with Crippen LogP contribution >= 0.6 is 0 Å². The van der Waals surface area contributed by atoms with E-state index in [9.17, 15) is 4.79 Å². The van der Waals surface area contributed by atoms with E-state index < -0.39 is 0 Å². The van der Waals surface area contributed by atoms with E-state index in [2.05, 4.69) is 12.1 Å². The lowest BCUT2D eigenvalue weighted by atomic mass is 9.95. The minimum Gasteiger partial charge on any atom is -0.299 e. The first kappa shape index (κ1) is 9.45. The third-order valence-corrected chi connectivity index (χ3v) is 2.85. The molecule has 1 fully saturated rings. The average molecular weight is 188 g/mol. The highest BCUT2D eigenvalue weighted by Crippen LogP contribution is 2.33. The predicted octanol–water partition coefficient (Wildman–Crippen LogP) is 2.84. The van der Waals surface area contributed by atoms with Gasteiger partial charge in [-0.25, -0.2) is 0 Å². The molecule has 0 spiro atoms. The maximum absolute atomic E-state index is 11.7. The summed E-state index contributed by atoms with van der Waals surface area (Å²) in [5.74, 6) is 1.06. The molecular formula is C13H16O. The molecule has 0 N–H and O–H groups in total. The lowest BCUT2D eigenvalue weighted by Gasteiger charge is -2.09. The van der Waals surface area contributed by atoms with Crippen molar-refractivity contribution in [2.75, 3.05) is 0 Å². The Hall–Kier alpha value is -1.11. The number of benzene rings is 1. The zero-order chi connectivity index (χ0) is 9.97. The van der Waals surface area contributed by atoms with Crippen molar-refractivity contribution in [3.05, 3.63) is 35.9 Å². The summed E-state index contributed by atoms with van der Waals surface area (Å²) in [7, 11) is 0. The van der Waals surface area contributed by atoms with Crippen LogP contribution in [0.1, 0.15) is 25.3 Å². The first-order valence-electron chi connectivity index (χ1n) is 5.35. The molecule has 1 aliphatic rings. The Morgan fingerprint density at radius 2 is 2.00 bits per heavy atom. The van der Waals surface area contributed by atoms with Crippen molar-refractivity contribution in [2.45, 2.75) is 26.2 Å². The van der Waals surface area contributed by atoms with E-state index in [0.29, 0.717) is 11.7 Å². The summed E-state index contributed by atoms with van der Waals surface area (Å²) in [5.41, 5.74) is 1.27. The zero-order valence-corrected chi connectivity index (χ0v) is 8.57. The summed E-state index contributed by atoms with van der Waals surface area (Å²) in [6, 6.07) is 10.3. The summed E-state index contributed by atoms with van der Waals surface area (Å²) in [6.07, 6.45) is 3.14. The van der Waals surface area contributed by atoms with Crippen LogP contribution in [-0.2, 0) is 11.2 Å². The molecule has 1 nitrogen and oxygen atoms in total. The Kier molecular flexibility index (Phi) is 2.67. The minimum atomic E-state index is 0.199. The molecule has 0 radical (unpaired) electrons. The van der Waals surface area contributed by atoms with E-state index in [-0.39, 0.29) is 5.92 Å². The van der Waals surface area contributed by atoms with Gasteiger partial charge in [-0.05, 0) is 24.8 Å². The van der Waals surface area contributed by atoms with Crippen molar-refractivity contribution in [3.63, 3.8) is 0 Å². The van der Waals surface area contributed by atoms with E-state index in [4.69, 9.17) is 0 Å². The van der Waals surface area contributed by atoms with Crippen molar-refractivity contribution in [1.82, 2.24) is 0 Å². The van der Waals surface area contributed by atoms with Gasteiger partial charge in [-0.15, -0.1) is 0 Å². The topological polar surface area (TPSA) is 17.1 Å². The summed E-state index contributed by atoms with van der Waals surface area (Å²) in [6.45, 7) is 2.05. The number of Topliss-reactive ketones (excluding diaryl/α,β-unsaturated/α-hetero) is 1. The van der Waals surface area contributed by atoms with Gasteiger partial charge >= 0.3 is 0 Å². The van der Waals surface area contributed by atoms with Crippen LogP contribution in [0, 0.1) is 11.8 Å². The first-order valence-corrected chi connectivity index (χ1v) is 5.35. The second kappa shape index (κ2) is 3.95.